The summed E-state index contributed by atoms with van der Waals surface area (Å²) in [7, 11) is 3.79. The van der Waals surface area contributed by atoms with Crippen molar-refractivity contribution >= 4 is 5.91 Å². The lowest BCUT2D eigenvalue weighted by atomic mass is 9.82. The Morgan fingerprint density at radius 1 is 1.17 bits per heavy atom. The quantitative estimate of drug-likeness (QED) is 0.800. The first-order valence-corrected chi connectivity index (χ1v) is 8.76. The largest absolute Gasteiger partial charge is 0.383 e. The van der Waals surface area contributed by atoms with Crippen molar-refractivity contribution < 1.29 is 9.53 Å². The average molecular weight is 332 g/mol. The smallest absolute Gasteiger partial charge is 0.243 e. The highest BCUT2D eigenvalue weighted by atomic mass is 16.5. The first kappa shape index (κ1) is 17.3. The molecule has 1 amide bonds. The van der Waals surface area contributed by atoms with Crippen molar-refractivity contribution in [1.82, 2.24) is 19.7 Å². The zero-order valence-electron chi connectivity index (χ0n) is 14.8. The third-order valence-corrected chi connectivity index (χ3v) is 5.53. The van der Waals surface area contributed by atoms with Gasteiger partial charge in [0.2, 0.25) is 5.91 Å². The zero-order chi connectivity index (χ0) is 17.0. The lowest BCUT2D eigenvalue weighted by Gasteiger charge is -2.51. The first-order valence-electron chi connectivity index (χ1n) is 8.76. The first-order chi connectivity index (χ1) is 11.7. The summed E-state index contributed by atoms with van der Waals surface area (Å²) in [5.74, 6) is 0.289. The number of carbonyl (C=O) groups excluding carboxylic acids is 1. The number of hydrogen-bond acceptors (Lipinski definition) is 5. The summed E-state index contributed by atoms with van der Waals surface area (Å²) >= 11 is 0. The average Bonchev–Trinajstić information content (AvgIpc) is 2.62. The van der Waals surface area contributed by atoms with E-state index < -0.39 is 0 Å². The van der Waals surface area contributed by atoms with Gasteiger partial charge in [-0.15, -0.1) is 0 Å². The Labute approximate surface area is 144 Å². The normalized spacial score (nSPS) is 22.2. The van der Waals surface area contributed by atoms with Crippen LogP contribution in [0.2, 0.25) is 0 Å². The monoisotopic (exact) mass is 332 g/mol. The van der Waals surface area contributed by atoms with Crippen LogP contribution in [0.5, 0.6) is 0 Å². The van der Waals surface area contributed by atoms with Crippen LogP contribution in [-0.2, 0) is 16.1 Å². The molecule has 0 atom stereocenters. The highest BCUT2D eigenvalue weighted by Gasteiger charge is 2.48. The summed E-state index contributed by atoms with van der Waals surface area (Å²) in [5.41, 5.74) is 0.965. The molecule has 0 aromatic carbocycles. The Kier molecular flexibility index (Phi) is 5.48. The zero-order valence-corrected chi connectivity index (χ0v) is 14.8. The van der Waals surface area contributed by atoms with E-state index in [0.717, 1.165) is 45.6 Å². The van der Waals surface area contributed by atoms with Gasteiger partial charge in [-0.25, -0.2) is 0 Å². The van der Waals surface area contributed by atoms with Crippen molar-refractivity contribution in [2.75, 3.05) is 53.5 Å². The molecule has 0 bridgehead atoms. The maximum Gasteiger partial charge on any atom is 0.243 e. The molecular weight excluding hydrogens is 304 g/mol. The Morgan fingerprint density at radius 3 is 2.54 bits per heavy atom. The molecule has 0 aliphatic carbocycles. The molecule has 2 fully saturated rings. The Balaban J connectivity index is 1.62. The van der Waals surface area contributed by atoms with Crippen LogP contribution >= 0.6 is 0 Å². The summed E-state index contributed by atoms with van der Waals surface area (Å²) < 4.78 is 5.16. The van der Waals surface area contributed by atoms with Crippen LogP contribution in [0.15, 0.2) is 24.5 Å². The number of piperazine rings is 1. The minimum Gasteiger partial charge on any atom is -0.383 e. The second-order valence-electron chi connectivity index (χ2n) is 6.87. The van der Waals surface area contributed by atoms with Gasteiger partial charge in [-0.1, -0.05) is 0 Å². The van der Waals surface area contributed by atoms with Crippen molar-refractivity contribution in [1.29, 1.82) is 0 Å². The number of ether oxygens (including phenoxy) is 1. The van der Waals surface area contributed by atoms with Gasteiger partial charge in [0.05, 0.1) is 6.61 Å². The molecular formula is C18H28N4O2. The van der Waals surface area contributed by atoms with Gasteiger partial charge < -0.3 is 9.64 Å². The van der Waals surface area contributed by atoms with Crippen molar-refractivity contribution in [3.63, 3.8) is 0 Å². The molecule has 3 rings (SSSR count). The van der Waals surface area contributed by atoms with E-state index in [1.54, 1.807) is 7.11 Å². The molecule has 3 heterocycles. The molecule has 1 spiro atoms. The molecule has 1 aromatic heterocycles. The van der Waals surface area contributed by atoms with Gasteiger partial charge in [0.15, 0.2) is 0 Å². The Bertz CT molecular complexity index is 541. The van der Waals surface area contributed by atoms with Crippen LogP contribution in [-0.4, -0.2) is 84.6 Å². The third kappa shape index (κ3) is 3.45. The minimum absolute atomic E-state index is 0.289. The Hall–Kier alpha value is -1.50. The number of likely N-dealkylation sites (N-methyl/N-ethyl adjacent to an activating group) is 1. The van der Waals surface area contributed by atoms with Gasteiger partial charge in [-0.05, 0) is 37.6 Å². The van der Waals surface area contributed by atoms with E-state index in [0.29, 0.717) is 13.2 Å². The molecule has 2 aliphatic rings. The minimum atomic E-state index is -0.319. The van der Waals surface area contributed by atoms with Crippen LogP contribution in [0.4, 0.5) is 0 Å². The number of hydrogen-bond donors (Lipinski definition) is 0. The van der Waals surface area contributed by atoms with Gasteiger partial charge in [0, 0.05) is 58.8 Å². The molecule has 0 N–H and O–H groups in total. The number of aromatic nitrogens is 1. The number of likely N-dealkylation sites (tertiary alicyclic amines) is 1. The molecule has 132 valence electrons. The van der Waals surface area contributed by atoms with Crippen molar-refractivity contribution in [3.8, 4) is 0 Å². The molecule has 0 radical (unpaired) electrons. The lowest BCUT2D eigenvalue weighted by Crippen LogP contribution is -2.67. The fourth-order valence-corrected chi connectivity index (χ4v) is 3.88. The van der Waals surface area contributed by atoms with Gasteiger partial charge in [-0.2, -0.15) is 0 Å². The molecule has 0 unspecified atom stereocenters. The maximum atomic E-state index is 13.1. The van der Waals surface area contributed by atoms with Gasteiger partial charge in [0.1, 0.15) is 5.54 Å². The molecule has 24 heavy (non-hydrogen) atoms. The number of rotatable bonds is 5. The summed E-state index contributed by atoms with van der Waals surface area (Å²) in [6, 6.07) is 4.13. The number of piperidine rings is 1. The van der Waals surface area contributed by atoms with E-state index in [-0.39, 0.29) is 11.4 Å². The highest BCUT2D eigenvalue weighted by Crippen LogP contribution is 2.33. The molecule has 1 aromatic rings. The lowest BCUT2D eigenvalue weighted by molar-refractivity contribution is -0.155. The summed E-state index contributed by atoms with van der Waals surface area (Å²) in [5, 5.41) is 0. The second-order valence-corrected chi connectivity index (χ2v) is 6.87. The van der Waals surface area contributed by atoms with Crippen molar-refractivity contribution in [3.05, 3.63) is 30.1 Å². The van der Waals surface area contributed by atoms with Gasteiger partial charge in [-0.3, -0.25) is 19.6 Å². The molecule has 2 aliphatic heterocycles. The van der Waals surface area contributed by atoms with Gasteiger partial charge in [0.25, 0.3) is 0 Å². The second kappa shape index (κ2) is 7.59. The van der Waals surface area contributed by atoms with Crippen LogP contribution in [0.3, 0.4) is 0 Å². The van der Waals surface area contributed by atoms with E-state index >= 15 is 0 Å². The Morgan fingerprint density at radius 2 is 1.88 bits per heavy atom. The topological polar surface area (TPSA) is 48.9 Å². The molecule has 6 nitrogen and oxygen atoms in total. The number of carbonyl (C=O) groups is 1. The van der Waals surface area contributed by atoms with Crippen molar-refractivity contribution in [2.45, 2.75) is 24.9 Å². The van der Waals surface area contributed by atoms with Crippen LogP contribution in [0, 0.1) is 0 Å². The molecule has 6 heteroatoms. The fourth-order valence-electron chi connectivity index (χ4n) is 3.88. The van der Waals surface area contributed by atoms with E-state index in [2.05, 4.69) is 34.0 Å². The maximum absolute atomic E-state index is 13.1. The predicted molar refractivity (Wildman–Crippen MR) is 92.6 cm³/mol. The van der Waals surface area contributed by atoms with Crippen LogP contribution in [0.25, 0.3) is 0 Å². The molecule has 0 saturated carbocycles. The predicted octanol–water partition coefficient (Wildman–Crippen LogP) is 0.837. The number of pyridine rings is 1. The number of nitrogens with zero attached hydrogens (tertiary/aromatic N) is 4. The van der Waals surface area contributed by atoms with Gasteiger partial charge >= 0.3 is 0 Å². The summed E-state index contributed by atoms with van der Waals surface area (Å²) in [6.07, 6.45) is 5.48. The van der Waals surface area contributed by atoms with Crippen LogP contribution in [0.1, 0.15) is 18.4 Å². The number of methoxy groups -OCH3 is 1. The van der Waals surface area contributed by atoms with E-state index in [9.17, 15) is 4.79 Å². The highest BCUT2D eigenvalue weighted by molar-refractivity contribution is 5.87. The van der Waals surface area contributed by atoms with E-state index in [1.807, 2.05) is 17.3 Å². The third-order valence-electron chi connectivity index (χ3n) is 5.53. The SMILES string of the molecule is COCCN1CCN(C)C2(CCN(Cc3ccncc3)CC2)C1=O. The van der Waals surface area contributed by atoms with E-state index in [1.165, 1.54) is 5.56 Å². The standard InChI is InChI=1S/C18H28N4O2/c1-20-11-12-22(13-14-24-2)17(23)18(20)5-9-21(10-6-18)15-16-3-7-19-8-4-16/h3-4,7-8H,5-6,9-15H2,1-2H3. The van der Waals surface area contributed by atoms with Crippen LogP contribution < -0.4 is 0 Å². The van der Waals surface area contributed by atoms with Crippen molar-refractivity contribution in [2.24, 2.45) is 0 Å². The van der Waals surface area contributed by atoms with E-state index in [4.69, 9.17) is 4.74 Å². The summed E-state index contributed by atoms with van der Waals surface area (Å²) in [6.45, 7) is 5.91. The number of amides is 1. The fraction of sp³-hybridized carbons (Fsp3) is 0.667. The molecule has 2 saturated heterocycles. The summed E-state index contributed by atoms with van der Waals surface area (Å²) in [4.78, 5) is 23.9.